The molecule has 0 radical (unpaired) electrons. The predicted molar refractivity (Wildman–Crippen MR) is 60.8 cm³/mol. The molecule has 0 atom stereocenters. The van der Waals surface area contributed by atoms with E-state index in [-0.39, 0.29) is 22.7 Å². The average Bonchev–Trinajstić information content (AvgIpc) is 2.67. The van der Waals surface area contributed by atoms with Gasteiger partial charge in [-0.2, -0.15) is 0 Å². The summed E-state index contributed by atoms with van der Waals surface area (Å²) < 4.78 is 16.3. The Kier molecular flexibility index (Phi) is 1.96. The molecule has 0 aromatic carbocycles. The molecule has 0 aliphatic carbocycles. The van der Waals surface area contributed by atoms with Crippen LogP contribution in [0.2, 0.25) is 0 Å². The van der Waals surface area contributed by atoms with Crippen LogP contribution in [0.3, 0.4) is 0 Å². The van der Waals surface area contributed by atoms with Gasteiger partial charge in [0.25, 0.3) is 5.91 Å². The van der Waals surface area contributed by atoms with Gasteiger partial charge in [-0.25, -0.2) is 9.82 Å². The summed E-state index contributed by atoms with van der Waals surface area (Å²) in [6.07, 6.45) is 0.697. The highest BCUT2D eigenvalue weighted by Crippen LogP contribution is 2.38. The molecule has 3 rings (SSSR count). The first-order valence-corrected chi connectivity index (χ1v) is 5.82. The molecular formula is C12H16FN3O. The lowest BCUT2D eigenvalue weighted by Gasteiger charge is -2.26. The summed E-state index contributed by atoms with van der Waals surface area (Å²) in [6, 6.07) is 0. The molecule has 1 amide bonds. The third-order valence-electron chi connectivity index (χ3n) is 3.65. The molecule has 2 aliphatic heterocycles. The fraction of sp³-hybridized carbons (Fsp3) is 0.583. The highest BCUT2D eigenvalue weighted by atomic mass is 19.1. The van der Waals surface area contributed by atoms with Crippen molar-refractivity contribution in [3.8, 4) is 0 Å². The van der Waals surface area contributed by atoms with Gasteiger partial charge < -0.3 is 4.57 Å². The third-order valence-corrected chi connectivity index (χ3v) is 3.65. The minimum Gasteiger partial charge on any atom is -0.343 e. The Morgan fingerprint density at radius 1 is 1.35 bits per heavy atom. The van der Waals surface area contributed by atoms with Crippen molar-refractivity contribution in [3.05, 3.63) is 22.8 Å². The van der Waals surface area contributed by atoms with E-state index in [9.17, 15) is 9.18 Å². The van der Waals surface area contributed by atoms with Crippen molar-refractivity contribution in [1.82, 2.24) is 15.0 Å². The zero-order chi connectivity index (χ0) is 12.4. The van der Waals surface area contributed by atoms with Crippen LogP contribution in [0.15, 0.2) is 0 Å². The van der Waals surface area contributed by atoms with Gasteiger partial charge >= 0.3 is 0 Å². The van der Waals surface area contributed by atoms with Crippen LogP contribution in [0.5, 0.6) is 0 Å². The molecule has 0 fully saturated rings. The van der Waals surface area contributed by atoms with Gasteiger partial charge in [0.2, 0.25) is 0 Å². The van der Waals surface area contributed by atoms with Crippen molar-refractivity contribution >= 4 is 5.91 Å². The summed E-state index contributed by atoms with van der Waals surface area (Å²) in [6.45, 7) is 5.55. The van der Waals surface area contributed by atoms with E-state index in [4.69, 9.17) is 0 Å². The second-order valence-corrected chi connectivity index (χ2v) is 5.71. The molecule has 5 heteroatoms. The van der Waals surface area contributed by atoms with Crippen LogP contribution in [-0.2, 0) is 19.5 Å². The zero-order valence-corrected chi connectivity index (χ0v) is 10.3. The first-order chi connectivity index (χ1) is 7.91. The maximum absolute atomic E-state index is 14.3. The number of rotatable bonds is 0. The van der Waals surface area contributed by atoms with Crippen molar-refractivity contribution in [2.45, 2.75) is 33.4 Å². The van der Waals surface area contributed by atoms with Crippen LogP contribution < -0.4 is 5.43 Å². The minimum absolute atomic E-state index is 0.0810. The van der Waals surface area contributed by atoms with E-state index in [1.54, 1.807) is 7.05 Å². The Hall–Kier alpha value is -1.36. The van der Waals surface area contributed by atoms with Crippen LogP contribution in [0.1, 0.15) is 35.6 Å². The highest BCUT2D eigenvalue weighted by Gasteiger charge is 2.39. The fourth-order valence-electron chi connectivity index (χ4n) is 2.82. The molecule has 2 aliphatic rings. The smallest absolute Gasteiger partial charge is 0.272 e. The number of hydrogen-bond acceptors (Lipinski definition) is 2. The number of nitrogens with one attached hydrogen (secondary N) is 1. The Bertz CT molecular complexity index is 518. The Morgan fingerprint density at radius 2 is 2.06 bits per heavy atom. The number of fused-ring (bicyclic) bond motifs is 3. The largest absolute Gasteiger partial charge is 0.343 e. The van der Waals surface area contributed by atoms with E-state index in [0.29, 0.717) is 18.7 Å². The van der Waals surface area contributed by atoms with Gasteiger partial charge in [0.1, 0.15) is 0 Å². The van der Waals surface area contributed by atoms with E-state index in [1.807, 2.05) is 4.57 Å². The maximum Gasteiger partial charge on any atom is 0.272 e. The number of hydrogen-bond donors (Lipinski definition) is 1. The Balaban J connectivity index is 2.16. The topological polar surface area (TPSA) is 37.3 Å². The van der Waals surface area contributed by atoms with Crippen molar-refractivity contribution < 1.29 is 9.18 Å². The molecule has 3 heterocycles. The second-order valence-electron chi connectivity index (χ2n) is 5.71. The van der Waals surface area contributed by atoms with Gasteiger partial charge in [0.15, 0.2) is 5.82 Å². The number of carbonyl (C=O) groups is 1. The maximum atomic E-state index is 14.3. The van der Waals surface area contributed by atoms with Crippen LogP contribution in [0, 0.1) is 11.2 Å². The molecule has 92 valence electrons. The lowest BCUT2D eigenvalue weighted by molar-refractivity contribution is 0.0676. The highest BCUT2D eigenvalue weighted by molar-refractivity contribution is 5.96. The number of nitrogens with zero attached hydrogens (tertiary/aromatic N) is 2. The molecule has 0 unspecified atom stereocenters. The lowest BCUT2D eigenvalue weighted by Crippen LogP contribution is -2.44. The number of aromatic nitrogens is 1. The quantitative estimate of drug-likeness (QED) is 0.738. The van der Waals surface area contributed by atoms with Crippen LogP contribution in [0.4, 0.5) is 4.39 Å². The molecule has 0 saturated carbocycles. The second kappa shape index (κ2) is 3.10. The van der Waals surface area contributed by atoms with E-state index < -0.39 is 0 Å². The van der Waals surface area contributed by atoms with Crippen LogP contribution in [-0.4, -0.2) is 22.5 Å². The van der Waals surface area contributed by atoms with E-state index in [1.165, 1.54) is 5.01 Å². The number of amides is 1. The van der Waals surface area contributed by atoms with E-state index in [2.05, 4.69) is 19.3 Å². The summed E-state index contributed by atoms with van der Waals surface area (Å²) in [5.74, 6) is -0.590. The molecule has 1 N–H and O–H groups in total. The number of carbonyl (C=O) groups excluding carboxylic acids is 1. The number of hydrazine groups is 1. The van der Waals surface area contributed by atoms with E-state index >= 15 is 0 Å². The first kappa shape index (κ1) is 10.8. The zero-order valence-electron chi connectivity index (χ0n) is 10.3. The fourth-order valence-corrected chi connectivity index (χ4v) is 2.82. The first-order valence-electron chi connectivity index (χ1n) is 5.82. The van der Waals surface area contributed by atoms with Gasteiger partial charge in [-0.05, 0) is 11.8 Å². The summed E-state index contributed by atoms with van der Waals surface area (Å²) >= 11 is 0. The van der Waals surface area contributed by atoms with Gasteiger partial charge in [-0.15, -0.1) is 0 Å². The summed E-state index contributed by atoms with van der Waals surface area (Å²) in [4.78, 5) is 11.9. The summed E-state index contributed by atoms with van der Waals surface area (Å²) in [7, 11) is 1.62. The predicted octanol–water partition coefficient (Wildman–Crippen LogP) is 1.30. The normalized spacial score (nSPS) is 21.6. The molecule has 17 heavy (non-hydrogen) atoms. The molecule has 0 saturated heterocycles. The molecule has 4 nitrogen and oxygen atoms in total. The molecular weight excluding hydrogens is 221 g/mol. The SMILES string of the molecule is CN1NCc2c(c(F)c3n2CC(C)(C)C3)C1=O. The molecule has 0 bridgehead atoms. The van der Waals surface area contributed by atoms with Crippen LogP contribution >= 0.6 is 0 Å². The Morgan fingerprint density at radius 3 is 2.76 bits per heavy atom. The third kappa shape index (κ3) is 1.35. The van der Waals surface area contributed by atoms with Crippen LogP contribution in [0.25, 0.3) is 0 Å². The number of halogens is 1. The van der Waals surface area contributed by atoms with Crippen molar-refractivity contribution in [3.63, 3.8) is 0 Å². The van der Waals surface area contributed by atoms with Gasteiger partial charge in [-0.1, -0.05) is 13.8 Å². The minimum atomic E-state index is -0.316. The van der Waals surface area contributed by atoms with Crippen molar-refractivity contribution in [2.75, 3.05) is 7.05 Å². The van der Waals surface area contributed by atoms with Gasteiger partial charge in [-0.3, -0.25) is 9.80 Å². The molecule has 1 aromatic rings. The van der Waals surface area contributed by atoms with Crippen molar-refractivity contribution in [1.29, 1.82) is 0 Å². The lowest BCUT2D eigenvalue weighted by atomic mass is 9.90. The Labute approximate surface area is 99.4 Å². The van der Waals surface area contributed by atoms with Gasteiger partial charge in [0.05, 0.1) is 17.8 Å². The average molecular weight is 237 g/mol. The standard InChI is InChI=1S/C12H16FN3O/c1-12(2)4-7-10(13)9-8(16(7)6-12)5-14-15(3)11(9)17/h14H,4-6H2,1-3H3. The molecule has 0 spiro atoms. The molecule has 1 aromatic heterocycles. The van der Waals surface area contributed by atoms with Crippen molar-refractivity contribution in [2.24, 2.45) is 5.41 Å². The summed E-state index contributed by atoms with van der Waals surface area (Å²) in [5.41, 5.74) is 4.78. The van der Waals surface area contributed by atoms with E-state index in [0.717, 1.165) is 12.2 Å². The summed E-state index contributed by atoms with van der Waals surface area (Å²) in [5, 5.41) is 1.35. The van der Waals surface area contributed by atoms with Gasteiger partial charge in [0, 0.05) is 19.3 Å². The monoisotopic (exact) mass is 237 g/mol.